The second kappa shape index (κ2) is 6.21. The van der Waals surface area contributed by atoms with Gasteiger partial charge in [-0.1, -0.05) is 0 Å². The largest absolute Gasteiger partial charge is 0.383 e. The molecule has 0 amide bonds. The molecule has 104 valence electrons. The van der Waals surface area contributed by atoms with Crippen molar-refractivity contribution < 1.29 is 4.74 Å². The molecule has 2 atom stereocenters. The lowest BCUT2D eigenvalue weighted by Crippen LogP contribution is -2.16. The summed E-state index contributed by atoms with van der Waals surface area (Å²) in [4.78, 5) is 4.56. The maximum Gasteiger partial charge on any atom is 0.203 e. The van der Waals surface area contributed by atoms with Crippen LogP contribution in [0.4, 0.5) is 5.95 Å². The molecule has 0 aliphatic heterocycles. The summed E-state index contributed by atoms with van der Waals surface area (Å²) in [5, 5.41) is 7.74. The van der Waals surface area contributed by atoms with E-state index in [2.05, 4.69) is 51.7 Å². The van der Waals surface area contributed by atoms with Crippen LogP contribution in [0.15, 0.2) is 23.0 Å². The molecule has 0 spiro atoms. The Bertz CT molecular complexity index is 507. The average molecular weight is 279 g/mol. The van der Waals surface area contributed by atoms with E-state index in [0.29, 0.717) is 6.61 Å². The van der Waals surface area contributed by atoms with Gasteiger partial charge in [-0.25, -0.2) is 4.98 Å². The van der Waals surface area contributed by atoms with Gasteiger partial charge in [-0.2, -0.15) is 11.3 Å². The zero-order valence-corrected chi connectivity index (χ0v) is 12.7. The Morgan fingerprint density at radius 1 is 1.47 bits per heavy atom. The molecule has 4 nitrogen and oxygen atoms in total. The first-order valence-electron chi connectivity index (χ1n) is 6.45. The van der Waals surface area contributed by atoms with Gasteiger partial charge in [0.25, 0.3) is 0 Å². The molecule has 0 saturated heterocycles. The summed E-state index contributed by atoms with van der Waals surface area (Å²) in [5.74, 6) is 0.903. The molecule has 2 heterocycles. The standard InChI is InChI=1S/C14H21N3OS/c1-10-7-17(11(2)8-18-4)14(15-10)16-12(3)13-5-6-19-9-13/h5-7,9,11-12H,8H2,1-4H3,(H,15,16). The second-order valence-corrected chi connectivity index (χ2v) is 5.62. The van der Waals surface area contributed by atoms with Gasteiger partial charge in [0, 0.05) is 13.3 Å². The van der Waals surface area contributed by atoms with Gasteiger partial charge in [-0.15, -0.1) is 0 Å². The zero-order valence-electron chi connectivity index (χ0n) is 11.9. The van der Waals surface area contributed by atoms with Crippen LogP contribution >= 0.6 is 11.3 Å². The van der Waals surface area contributed by atoms with Gasteiger partial charge in [0.05, 0.1) is 24.4 Å². The molecular formula is C14H21N3OS. The molecule has 1 N–H and O–H groups in total. The van der Waals surface area contributed by atoms with Crippen molar-refractivity contribution >= 4 is 17.3 Å². The summed E-state index contributed by atoms with van der Waals surface area (Å²) in [6.45, 7) is 6.97. The number of aromatic nitrogens is 2. The van der Waals surface area contributed by atoms with E-state index in [9.17, 15) is 0 Å². The minimum absolute atomic E-state index is 0.251. The predicted molar refractivity (Wildman–Crippen MR) is 79.9 cm³/mol. The molecule has 0 aliphatic rings. The van der Waals surface area contributed by atoms with Crippen LogP contribution in [-0.4, -0.2) is 23.3 Å². The molecule has 5 heteroatoms. The molecule has 0 fully saturated rings. The Labute approximate surface area is 118 Å². The second-order valence-electron chi connectivity index (χ2n) is 4.84. The fourth-order valence-corrected chi connectivity index (χ4v) is 2.83. The average Bonchev–Trinajstić information content (AvgIpc) is 2.98. The molecule has 0 radical (unpaired) electrons. The Balaban J connectivity index is 2.15. The maximum atomic E-state index is 5.22. The minimum Gasteiger partial charge on any atom is -0.383 e. The monoisotopic (exact) mass is 279 g/mol. The normalized spacial score (nSPS) is 14.3. The predicted octanol–water partition coefficient (Wildman–Crippen LogP) is 3.63. The smallest absolute Gasteiger partial charge is 0.203 e. The van der Waals surface area contributed by atoms with Crippen LogP contribution in [-0.2, 0) is 4.74 Å². The van der Waals surface area contributed by atoms with Gasteiger partial charge in [-0.3, -0.25) is 0 Å². The third kappa shape index (κ3) is 3.36. The molecule has 19 heavy (non-hydrogen) atoms. The highest BCUT2D eigenvalue weighted by molar-refractivity contribution is 7.07. The van der Waals surface area contributed by atoms with Crippen molar-refractivity contribution in [1.82, 2.24) is 9.55 Å². The number of methoxy groups -OCH3 is 1. The van der Waals surface area contributed by atoms with Crippen LogP contribution in [0.3, 0.4) is 0 Å². The van der Waals surface area contributed by atoms with Crippen molar-refractivity contribution in [2.24, 2.45) is 0 Å². The fourth-order valence-electron chi connectivity index (χ4n) is 2.08. The Morgan fingerprint density at radius 3 is 2.89 bits per heavy atom. The van der Waals surface area contributed by atoms with Gasteiger partial charge < -0.3 is 14.6 Å². The number of ether oxygens (including phenoxy) is 1. The minimum atomic E-state index is 0.251. The summed E-state index contributed by atoms with van der Waals surface area (Å²) in [5.41, 5.74) is 2.31. The summed E-state index contributed by atoms with van der Waals surface area (Å²) in [6.07, 6.45) is 2.06. The van der Waals surface area contributed by atoms with E-state index in [-0.39, 0.29) is 12.1 Å². The van der Waals surface area contributed by atoms with Crippen LogP contribution in [0.1, 0.15) is 37.2 Å². The molecule has 2 aromatic heterocycles. The lowest BCUT2D eigenvalue weighted by atomic mass is 10.2. The number of hydrogen-bond acceptors (Lipinski definition) is 4. The molecular weight excluding hydrogens is 258 g/mol. The van der Waals surface area contributed by atoms with Crippen LogP contribution in [0.5, 0.6) is 0 Å². The highest BCUT2D eigenvalue weighted by Gasteiger charge is 2.14. The number of hydrogen-bond donors (Lipinski definition) is 1. The quantitative estimate of drug-likeness (QED) is 0.877. The summed E-state index contributed by atoms with van der Waals surface area (Å²) >= 11 is 1.72. The summed E-state index contributed by atoms with van der Waals surface area (Å²) in [6, 6.07) is 2.66. The first kappa shape index (κ1) is 14.1. The summed E-state index contributed by atoms with van der Waals surface area (Å²) < 4.78 is 7.37. The number of anilines is 1. The Kier molecular flexibility index (Phi) is 4.61. The van der Waals surface area contributed by atoms with Crippen molar-refractivity contribution in [2.75, 3.05) is 19.0 Å². The first-order valence-corrected chi connectivity index (χ1v) is 7.39. The van der Waals surface area contributed by atoms with Crippen LogP contribution in [0.2, 0.25) is 0 Å². The number of thiophene rings is 1. The van der Waals surface area contributed by atoms with Crippen molar-refractivity contribution in [3.63, 3.8) is 0 Å². The topological polar surface area (TPSA) is 39.1 Å². The lowest BCUT2D eigenvalue weighted by molar-refractivity contribution is 0.163. The van der Waals surface area contributed by atoms with Crippen LogP contribution < -0.4 is 5.32 Å². The van der Waals surface area contributed by atoms with E-state index in [1.54, 1.807) is 18.4 Å². The van der Waals surface area contributed by atoms with Crippen molar-refractivity contribution in [2.45, 2.75) is 32.9 Å². The van der Waals surface area contributed by atoms with Gasteiger partial charge in [0.1, 0.15) is 0 Å². The third-order valence-electron chi connectivity index (χ3n) is 3.12. The van der Waals surface area contributed by atoms with Gasteiger partial charge >= 0.3 is 0 Å². The van der Waals surface area contributed by atoms with E-state index in [1.807, 2.05) is 6.92 Å². The molecule has 2 aromatic rings. The number of nitrogens with zero attached hydrogens (tertiary/aromatic N) is 2. The van der Waals surface area contributed by atoms with E-state index in [4.69, 9.17) is 4.74 Å². The number of nitrogens with one attached hydrogen (secondary N) is 1. The fraction of sp³-hybridized carbons (Fsp3) is 0.500. The molecule has 0 saturated carbocycles. The van der Waals surface area contributed by atoms with E-state index < -0.39 is 0 Å². The van der Waals surface area contributed by atoms with E-state index in [0.717, 1.165) is 11.6 Å². The van der Waals surface area contributed by atoms with Gasteiger partial charge in [0.15, 0.2) is 0 Å². The molecule has 2 rings (SSSR count). The number of rotatable bonds is 6. The highest BCUT2D eigenvalue weighted by atomic mass is 32.1. The summed E-state index contributed by atoms with van der Waals surface area (Å²) in [7, 11) is 1.72. The Hall–Kier alpha value is -1.33. The SMILES string of the molecule is COCC(C)n1cc(C)nc1NC(C)c1ccsc1. The van der Waals surface area contributed by atoms with E-state index >= 15 is 0 Å². The van der Waals surface area contributed by atoms with Gasteiger partial charge in [0.2, 0.25) is 5.95 Å². The molecule has 0 aliphatic carbocycles. The molecule has 0 aromatic carbocycles. The molecule has 0 bridgehead atoms. The van der Waals surface area contributed by atoms with E-state index in [1.165, 1.54) is 5.56 Å². The van der Waals surface area contributed by atoms with Crippen LogP contribution in [0, 0.1) is 6.92 Å². The third-order valence-corrected chi connectivity index (χ3v) is 3.83. The number of aryl methyl sites for hydroxylation is 1. The number of imidazole rings is 1. The van der Waals surface area contributed by atoms with Crippen molar-refractivity contribution in [3.8, 4) is 0 Å². The van der Waals surface area contributed by atoms with Gasteiger partial charge in [-0.05, 0) is 43.2 Å². The highest BCUT2D eigenvalue weighted by Crippen LogP contribution is 2.23. The maximum absolute atomic E-state index is 5.22. The van der Waals surface area contributed by atoms with Crippen LogP contribution in [0.25, 0.3) is 0 Å². The molecule has 2 unspecified atom stereocenters. The van der Waals surface area contributed by atoms with Crippen molar-refractivity contribution in [1.29, 1.82) is 0 Å². The first-order chi connectivity index (χ1) is 9.11. The lowest BCUT2D eigenvalue weighted by Gasteiger charge is -2.19. The zero-order chi connectivity index (χ0) is 13.8. The Morgan fingerprint density at radius 2 is 2.26 bits per heavy atom. The van der Waals surface area contributed by atoms with Crippen molar-refractivity contribution in [3.05, 3.63) is 34.3 Å².